The molecule has 0 aliphatic carbocycles. The van der Waals surface area contributed by atoms with Crippen molar-refractivity contribution >= 4 is 27.3 Å². The standard InChI is InChI=1S/C18H17N3O5S2/c1-25-18(22)12-4-6-15(7-5-12)28(23,24)21-10-13(11-21)17-19-16(20-26-17)9-14-3-2-8-27-14/h2-8,13H,9-11H2,1H3. The van der Waals surface area contributed by atoms with Crippen LogP contribution in [0.4, 0.5) is 0 Å². The molecule has 3 heterocycles. The molecule has 10 heteroatoms. The van der Waals surface area contributed by atoms with E-state index in [2.05, 4.69) is 14.9 Å². The first-order chi connectivity index (χ1) is 13.5. The summed E-state index contributed by atoms with van der Waals surface area (Å²) >= 11 is 1.62. The van der Waals surface area contributed by atoms with Gasteiger partial charge < -0.3 is 9.26 Å². The van der Waals surface area contributed by atoms with E-state index in [1.165, 1.54) is 35.7 Å². The molecule has 0 atom stereocenters. The van der Waals surface area contributed by atoms with Crippen LogP contribution in [-0.2, 0) is 21.2 Å². The number of thiophene rings is 1. The molecule has 0 saturated carbocycles. The van der Waals surface area contributed by atoms with Gasteiger partial charge in [0.1, 0.15) is 0 Å². The molecule has 1 aliphatic rings. The Kier molecular flexibility index (Phi) is 5.00. The Balaban J connectivity index is 1.40. The molecule has 0 bridgehead atoms. The van der Waals surface area contributed by atoms with Crippen molar-refractivity contribution in [2.24, 2.45) is 0 Å². The number of rotatable bonds is 6. The van der Waals surface area contributed by atoms with E-state index in [9.17, 15) is 13.2 Å². The highest BCUT2D eigenvalue weighted by Crippen LogP contribution is 2.31. The number of ether oxygens (including phenoxy) is 1. The molecule has 1 saturated heterocycles. The van der Waals surface area contributed by atoms with Crippen LogP contribution in [0.2, 0.25) is 0 Å². The molecule has 8 nitrogen and oxygen atoms in total. The van der Waals surface area contributed by atoms with Gasteiger partial charge in [0.25, 0.3) is 0 Å². The van der Waals surface area contributed by atoms with Crippen molar-refractivity contribution in [3.05, 3.63) is 63.9 Å². The first-order valence-corrected chi connectivity index (χ1v) is 10.8. The summed E-state index contributed by atoms with van der Waals surface area (Å²) in [6, 6.07) is 9.65. The summed E-state index contributed by atoms with van der Waals surface area (Å²) in [6.07, 6.45) is 0.600. The second kappa shape index (κ2) is 7.46. The van der Waals surface area contributed by atoms with Crippen LogP contribution in [-0.4, -0.2) is 49.0 Å². The quantitative estimate of drug-likeness (QED) is 0.565. The minimum absolute atomic E-state index is 0.117. The first-order valence-electron chi connectivity index (χ1n) is 8.51. The number of sulfonamides is 1. The van der Waals surface area contributed by atoms with Crippen LogP contribution in [0, 0.1) is 0 Å². The number of aromatic nitrogens is 2. The molecule has 0 amide bonds. The van der Waals surface area contributed by atoms with E-state index in [1.807, 2.05) is 17.5 Å². The van der Waals surface area contributed by atoms with Crippen LogP contribution in [0.25, 0.3) is 0 Å². The molecule has 0 N–H and O–H groups in total. The molecule has 4 rings (SSSR count). The molecule has 2 aromatic heterocycles. The molecular formula is C18H17N3O5S2. The average molecular weight is 419 g/mol. The maximum absolute atomic E-state index is 12.7. The number of esters is 1. The number of carbonyl (C=O) groups excluding carboxylic acids is 1. The van der Waals surface area contributed by atoms with Crippen LogP contribution in [0.5, 0.6) is 0 Å². The number of hydrogen-bond donors (Lipinski definition) is 0. The third-order valence-corrected chi connectivity index (χ3v) is 7.23. The van der Waals surface area contributed by atoms with Crippen LogP contribution in [0.1, 0.15) is 32.9 Å². The van der Waals surface area contributed by atoms with Crippen molar-refractivity contribution in [2.75, 3.05) is 20.2 Å². The maximum Gasteiger partial charge on any atom is 0.337 e. The van der Waals surface area contributed by atoms with Crippen LogP contribution in [0.3, 0.4) is 0 Å². The lowest BCUT2D eigenvalue weighted by atomic mass is 10.0. The van der Waals surface area contributed by atoms with Crippen LogP contribution in [0.15, 0.2) is 51.2 Å². The van der Waals surface area contributed by atoms with Gasteiger partial charge in [-0.25, -0.2) is 13.2 Å². The van der Waals surface area contributed by atoms with Gasteiger partial charge in [0.2, 0.25) is 15.9 Å². The Morgan fingerprint density at radius 2 is 2.04 bits per heavy atom. The maximum atomic E-state index is 12.7. The lowest BCUT2D eigenvalue weighted by molar-refractivity contribution is 0.0600. The van der Waals surface area contributed by atoms with Crippen molar-refractivity contribution in [3.63, 3.8) is 0 Å². The van der Waals surface area contributed by atoms with E-state index < -0.39 is 16.0 Å². The highest BCUT2D eigenvalue weighted by atomic mass is 32.2. The first kappa shape index (κ1) is 18.8. The smallest absolute Gasteiger partial charge is 0.337 e. The summed E-state index contributed by atoms with van der Waals surface area (Å²) in [5.41, 5.74) is 0.298. The fourth-order valence-electron chi connectivity index (χ4n) is 2.89. The third kappa shape index (κ3) is 3.58. The molecule has 1 fully saturated rings. The van der Waals surface area contributed by atoms with Gasteiger partial charge in [0.15, 0.2) is 5.82 Å². The van der Waals surface area contributed by atoms with Gasteiger partial charge in [0, 0.05) is 24.4 Å². The number of carbonyl (C=O) groups is 1. The van der Waals surface area contributed by atoms with Gasteiger partial charge >= 0.3 is 5.97 Å². The summed E-state index contributed by atoms with van der Waals surface area (Å²) in [6.45, 7) is 0.559. The van der Waals surface area contributed by atoms with Crippen molar-refractivity contribution in [1.29, 1.82) is 0 Å². The minimum atomic E-state index is -3.63. The number of methoxy groups -OCH3 is 1. The summed E-state index contributed by atoms with van der Waals surface area (Å²) in [5, 5.41) is 5.97. The van der Waals surface area contributed by atoms with E-state index in [0.717, 1.165) is 4.88 Å². The second-order valence-corrected chi connectivity index (χ2v) is 9.31. The fourth-order valence-corrected chi connectivity index (χ4v) is 5.13. The fraction of sp³-hybridized carbons (Fsp3) is 0.278. The Morgan fingerprint density at radius 1 is 1.29 bits per heavy atom. The molecule has 0 spiro atoms. The summed E-state index contributed by atoms with van der Waals surface area (Å²) in [4.78, 5) is 17.1. The molecule has 1 aromatic carbocycles. The van der Waals surface area contributed by atoms with E-state index in [1.54, 1.807) is 11.3 Å². The molecule has 1 aliphatic heterocycles. The summed E-state index contributed by atoms with van der Waals surface area (Å²) < 4.78 is 36.7. The van der Waals surface area contributed by atoms with Gasteiger partial charge in [-0.3, -0.25) is 0 Å². The van der Waals surface area contributed by atoms with Gasteiger partial charge in [0.05, 0.1) is 23.5 Å². The molecular weight excluding hydrogens is 402 g/mol. The largest absolute Gasteiger partial charge is 0.465 e. The molecule has 146 valence electrons. The van der Waals surface area contributed by atoms with Crippen LogP contribution < -0.4 is 0 Å². The predicted octanol–water partition coefficient (Wildman–Crippen LogP) is 2.30. The molecule has 28 heavy (non-hydrogen) atoms. The predicted molar refractivity (Wildman–Crippen MR) is 101 cm³/mol. The molecule has 0 radical (unpaired) electrons. The third-order valence-electron chi connectivity index (χ3n) is 4.51. The lowest BCUT2D eigenvalue weighted by Crippen LogP contribution is -2.48. The highest BCUT2D eigenvalue weighted by molar-refractivity contribution is 7.89. The Hall–Kier alpha value is -2.56. The monoisotopic (exact) mass is 419 g/mol. The summed E-state index contributed by atoms with van der Waals surface area (Å²) in [7, 11) is -2.36. The SMILES string of the molecule is COC(=O)c1ccc(S(=O)(=O)N2CC(c3nc(Cc4cccs4)no3)C2)cc1. The Bertz CT molecular complexity index is 1070. The number of hydrogen-bond acceptors (Lipinski definition) is 8. The number of benzene rings is 1. The zero-order valence-electron chi connectivity index (χ0n) is 14.9. The Labute approximate surface area is 165 Å². The van der Waals surface area contributed by atoms with Gasteiger partial charge in [-0.1, -0.05) is 11.2 Å². The molecule has 3 aromatic rings. The number of nitrogens with zero attached hydrogens (tertiary/aromatic N) is 3. The van der Waals surface area contributed by atoms with Crippen molar-refractivity contribution < 1.29 is 22.5 Å². The van der Waals surface area contributed by atoms with Crippen molar-refractivity contribution in [2.45, 2.75) is 17.2 Å². The lowest BCUT2D eigenvalue weighted by Gasteiger charge is -2.35. The zero-order chi connectivity index (χ0) is 19.7. The van der Waals surface area contributed by atoms with Gasteiger partial charge in [-0.05, 0) is 35.7 Å². The Morgan fingerprint density at radius 3 is 2.68 bits per heavy atom. The average Bonchev–Trinajstić information content (AvgIpc) is 3.32. The van der Waals surface area contributed by atoms with E-state index in [-0.39, 0.29) is 23.9 Å². The van der Waals surface area contributed by atoms with E-state index in [0.29, 0.717) is 23.7 Å². The van der Waals surface area contributed by atoms with Crippen LogP contribution >= 0.6 is 11.3 Å². The van der Waals surface area contributed by atoms with Gasteiger partial charge in [-0.2, -0.15) is 9.29 Å². The van der Waals surface area contributed by atoms with Gasteiger partial charge in [-0.15, -0.1) is 11.3 Å². The second-order valence-electron chi connectivity index (χ2n) is 6.34. The highest BCUT2D eigenvalue weighted by Gasteiger charge is 2.40. The molecule has 0 unspecified atom stereocenters. The van der Waals surface area contributed by atoms with E-state index >= 15 is 0 Å². The minimum Gasteiger partial charge on any atom is -0.465 e. The van der Waals surface area contributed by atoms with Crippen molar-refractivity contribution in [3.8, 4) is 0 Å². The topological polar surface area (TPSA) is 103 Å². The van der Waals surface area contributed by atoms with Crippen molar-refractivity contribution in [1.82, 2.24) is 14.4 Å². The van der Waals surface area contributed by atoms with E-state index in [4.69, 9.17) is 4.52 Å². The normalized spacial score (nSPS) is 15.3. The summed E-state index contributed by atoms with van der Waals surface area (Å²) in [5.74, 6) is 0.424. The zero-order valence-corrected chi connectivity index (χ0v) is 16.6.